The third kappa shape index (κ3) is 2.25. The first-order valence-corrected chi connectivity index (χ1v) is 5.96. The molecule has 88 valence electrons. The summed E-state index contributed by atoms with van der Waals surface area (Å²) in [5.41, 5.74) is 1.21. The lowest BCUT2D eigenvalue weighted by Crippen LogP contribution is -2.52. The Balaban J connectivity index is 2.13. The van der Waals surface area contributed by atoms with Gasteiger partial charge in [0.25, 0.3) is 0 Å². The Kier molecular flexibility index (Phi) is 3.26. The molecule has 3 nitrogen and oxygen atoms in total. The highest BCUT2D eigenvalue weighted by molar-refractivity contribution is 5.14. The fraction of sp³-hybridized carbons (Fsp3) is 0.615. The fourth-order valence-electron chi connectivity index (χ4n) is 2.25. The number of nitrogens with zero attached hydrogens (tertiary/aromatic N) is 3. The van der Waals surface area contributed by atoms with Gasteiger partial charge in [0.15, 0.2) is 0 Å². The molecule has 1 aromatic heterocycles. The molecule has 1 aliphatic rings. The summed E-state index contributed by atoms with van der Waals surface area (Å²) in [6, 6.07) is 6.17. The van der Waals surface area contributed by atoms with E-state index in [9.17, 15) is 0 Å². The number of rotatable bonds is 2. The Bertz CT molecular complexity index is 326. The molecule has 2 rings (SSSR count). The highest BCUT2D eigenvalue weighted by atomic mass is 15.3. The van der Waals surface area contributed by atoms with Gasteiger partial charge in [0.1, 0.15) is 0 Å². The van der Waals surface area contributed by atoms with Crippen molar-refractivity contribution in [2.24, 2.45) is 0 Å². The molecule has 0 N–H and O–H groups in total. The maximum atomic E-state index is 4.49. The van der Waals surface area contributed by atoms with Crippen molar-refractivity contribution in [3.63, 3.8) is 0 Å². The Morgan fingerprint density at radius 2 is 1.81 bits per heavy atom. The minimum atomic E-state index is 0.0442. The molecule has 0 radical (unpaired) electrons. The average molecular weight is 219 g/mol. The van der Waals surface area contributed by atoms with Crippen LogP contribution in [0.4, 0.5) is 0 Å². The molecule has 1 aromatic rings. The largest absolute Gasteiger partial charge is 0.304 e. The molecule has 1 aliphatic heterocycles. The van der Waals surface area contributed by atoms with Crippen molar-refractivity contribution >= 4 is 0 Å². The zero-order valence-corrected chi connectivity index (χ0v) is 10.5. The lowest BCUT2D eigenvalue weighted by Gasteiger charge is -2.42. The predicted molar refractivity (Wildman–Crippen MR) is 66.3 cm³/mol. The zero-order valence-electron chi connectivity index (χ0n) is 10.5. The van der Waals surface area contributed by atoms with Gasteiger partial charge in [-0.25, -0.2) is 0 Å². The Morgan fingerprint density at radius 1 is 1.12 bits per heavy atom. The van der Waals surface area contributed by atoms with Gasteiger partial charge in [0, 0.05) is 32.4 Å². The third-order valence-corrected chi connectivity index (χ3v) is 3.59. The number of piperazine rings is 1. The lowest BCUT2D eigenvalue weighted by molar-refractivity contribution is 0.0580. The Labute approximate surface area is 98.1 Å². The van der Waals surface area contributed by atoms with Crippen LogP contribution in [0, 0.1) is 0 Å². The topological polar surface area (TPSA) is 19.4 Å². The second-order valence-electron chi connectivity index (χ2n) is 5.06. The summed E-state index contributed by atoms with van der Waals surface area (Å²) in [4.78, 5) is 9.39. The molecule has 0 saturated carbocycles. The van der Waals surface area contributed by atoms with E-state index in [0.717, 1.165) is 26.2 Å². The molecular formula is C13H21N3. The fourth-order valence-corrected chi connectivity index (χ4v) is 2.25. The second kappa shape index (κ2) is 4.52. The molecule has 1 fully saturated rings. The van der Waals surface area contributed by atoms with E-state index in [0.29, 0.717) is 0 Å². The van der Waals surface area contributed by atoms with E-state index in [1.165, 1.54) is 5.69 Å². The van der Waals surface area contributed by atoms with E-state index in [1.807, 2.05) is 12.3 Å². The summed E-state index contributed by atoms with van der Waals surface area (Å²) < 4.78 is 0. The van der Waals surface area contributed by atoms with E-state index in [2.05, 4.69) is 47.8 Å². The van der Waals surface area contributed by atoms with Gasteiger partial charge in [-0.1, -0.05) is 6.07 Å². The number of aromatic nitrogens is 1. The second-order valence-corrected chi connectivity index (χ2v) is 5.06. The monoisotopic (exact) mass is 219 g/mol. The van der Waals surface area contributed by atoms with Crippen molar-refractivity contribution in [2.45, 2.75) is 19.4 Å². The average Bonchev–Trinajstić information content (AvgIpc) is 2.31. The van der Waals surface area contributed by atoms with Gasteiger partial charge >= 0.3 is 0 Å². The quantitative estimate of drug-likeness (QED) is 0.752. The number of pyridine rings is 1. The van der Waals surface area contributed by atoms with Crippen LogP contribution < -0.4 is 0 Å². The van der Waals surface area contributed by atoms with Gasteiger partial charge in [-0.3, -0.25) is 9.88 Å². The maximum absolute atomic E-state index is 4.49. The van der Waals surface area contributed by atoms with Gasteiger partial charge in [-0.15, -0.1) is 0 Å². The van der Waals surface area contributed by atoms with Crippen LogP contribution in [0.15, 0.2) is 24.4 Å². The summed E-state index contributed by atoms with van der Waals surface area (Å²) in [7, 11) is 2.19. The summed E-state index contributed by atoms with van der Waals surface area (Å²) in [5.74, 6) is 0. The smallest absolute Gasteiger partial charge is 0.0601 e. The minimum Gasteiger partial charge on any atom is -0.304 e. The molecule has 0 atom stereocenters. The molecule has 0 aliphatic carbocycles. The molecular weight excluding hydrogens is 198 g/mol. The summed E-state index contributed by atoms with van der Waals surface area (Å²) in [6.07, 6.45) is 1.88. The zero-order chi connectivity index (χ0) is 11.6. The van der Waals surface area contributed by atoms with E-state index in [1.54, 1.807) is 0 Å². The molecule has 0 amide bonds. The van der Waals surface area contributed by atoms with Crippen LogP contribution in [-0.2, 0) is 5.54 Å². The van der Waals surface area contributed by atoms with E-state index < -0.39 is 0 Å². The number of hydrogen-bond donors (Lipinski definition) is 0. The van der Waals surface area contributed by atoms with Gasteiger partial charge in [0.05, 0.1) is 11.2 Å². The predicted octanol–water partition coefficient (Wildman–Crippen LogP) is 1.56. The van der Waals surface area contributed by atoms with Crippen molar-refractivity contribution in [3.8, 4) is 0 Å². The SMILES string of the molecule is CN1CCN(C(C)(C)c2ccccn2)CC1. The van der Waals surface area contributed by atoms with Gasteiger partial charge in [-0.2, -0.15) is 0 Å². The van der Waals surface area contributed by atoms with Gasteiger partial charge in [-0.05, 0) is 33.0 Å². The van der Waals surface area contributed by atoms with Crippen molar-refractivity contribution in [3.05, 3.63) is 30.1 Å². The summed E-state index contributed by atoms with van der Waals surface area (Å²) >= 11 is 0. The van der Waals surface area contributed by atoms with Crippen molar-refractivity contribution in [2.75, 3.05) is 33.2 Å². The molecule has 0 spiro atoms. The van der Waals surface area contributed by atoms with Crippen LogP contribution in [-0.4, -0.2) is 48.0 Å². The molecule has 16 heavy (non-hydrogen) atoms. The summed E-state index contributed by atoms with van der Waals surface area (Å²) in [6.45, 7) is 9.08. The van der Waals surface area contributed by atoms with Crippen molar-refractivity contribution < 1.29 is 0 Å². The first kappa shape index (κ1) is 11.6. The number of likely N-dealkylation sites (N-methyl/N-ethyl adjacent to an activating group) is 1. The third-order valence-electron chi connectivity index (χ3n) is 3.59. The van der Waals surface area contributed by atoms with E-state index in [4.69, 9.17) is 0 Å². The molecule has 3 heteroatoms. The molecule has 2 heterocycles. The highest BCUT2D eigenvalue weighted by Gasteiger charge is 2.31. The summed E-state index contributed by atoms with van der Waals surface area (Å²) in [5, 5.41) is 0. The van der Waals surface area contributed by atoms with E-state index in [-0.39, 0.29) is 5.54 Å². The Morgan fingerprint density at radius 3 is 2.38 bits per heavy atom. The van der Waals surface area contributed by atoms with Crippen LogP contribution in [0.5, 0.6) is 0 Å². The van der Waals surface area contributed by atoms with E-state index >= 15 is 0 Å². The molecule has 0 aromatic carbocycles. The first-order valence-electron chi connectivity index (χ1n) is 5.96. The first-order chi connectivity index (χ1) is 7.60. The van der Waals surface area contributed by atoms with Crippen LogP contribution in [0.3, 0.4) is 0 Å². The Hall–Kier alpha value is -0.930. The van der Waals surface area contributed by atoms with Crippen LogP contribution >= 0.6 is 0 Å². The van der Waals surface area contributed by atoms with Gasteiger partial charge in [0.2, 0.25) is 0 Å². The van der Waals surface area contributed by atoms with Crippen molar-refractivity contribution in [1.29, 1.82) is 0 Å². The lowest BCUT2D eigenvalue weighted by atomic mass is 9.96. The normalized spacial score (nSPS) is 19.9. The molecule has 0 unspecified atom stereocenters. The van der Waals surface area contributed by atoms with Crippen molar-refractivity contribution in [1.82, 2.24) is 14.8 Å². The molecule has 0 bridgehead atoms. The number of hydrogen-bond acceptors (Lipinski definition) is 3. The van der Waals surface area contributed by atoms with Crippen LogP contribution in [0.25, 0.3) is 0 Å². The van der Waals surface area contributed by atoms with Crippen LogP contribution in [0.1, 0.15) is 19.5 Å². The van der Waals surface area contributed by atoms with Crippen LogP contribution in [0.2, 0.25) is 0 Å². The minimum absolute atomic E-state index is 0.0442. The van der Waals surface area contributed by atoms with Gasteiger partial charge < -0.3 is 4.90 Å². The standard InChI is InChI=1S/C13H21N3/c1-13(2,12-6-4-5-7-14-12)16-10-8-15(3)9-11-16/h4-7H,8-11H2,1-3H3. The molecule has 1 saturated heterocycles. The maximum Gasteiger partial charge on any atom is 0.0601 e. The highest BCUT2D eigenvalue weighted by Crippen LogP contribution is 2.26.